The lowest BCUT2D eigenvalue weighted by Gasteiger charge is -2.20. The molecule has 0 aromatic heterocycles. The Labute approximate surface area is 147 Å². The van der Waals surface area contributed by atoms with Crippen LogP contribution in [-0.4, -0.2) is 26.5 Å². The maximum absolute atomic E-state index is 13.6. The van der Waals surface area contributed by atoms with Crippen molar-refractivity contribution in [3.63, 3.8) is 0 Å². The van der Waals surface area contributed by atoms with Crippen molar-refractivity contribution in [2.45, 2.75) is 62.6 Å². The van der Waals surface area contributed by atoms with Crippen LogP contribution < -0.4 is 4.72 Å². The van der Waals surface area contributed by atoms with Crippen molar-refractivity contribution >= 4 is 15.9 Å². The molecule has 1 aromatic carbocycles. The average molecular weight is 368 g/mol. The second-order valence-corrected chi connectivity index (χ2v) is 7.74. The zero-order valence-corrected chi connectivity index (χ0v) is 14.8. The topological polar surface area (TPSA) is 96.3 Å². The SMILES string of the molecule is C[C@H](OC1CCCCCC1)C(=O)NS(=O)(=O)c1cccc(F)c1C#N. The molecule has 136 valence electrons. The molecule has 0 radical (unpaired) electrons. The molecule has 0 unspecified atom stereocenters. The highest BCUT2D eigenvalue weighted by Crippen LogP contribution is 2.22. The summed E-state index contributed by atoms with van der Waals surface area (Å²) in [6, 6.07) is 4.74. The summed E-state index contributed by atoms with van der Waals surface area (Å²) in [4.78, 5) is 11.6. The van der Waals surface area contributed by atoms with E-state index in [1.165, 1.54) is 19.1 Å². The predicted octanol–water partition coefficient (Wildman–Crippen LogP) is 2.63. The third-order valence-corrected chi connectivity index (χ3v) is 5.57. The monoisotopic (exact) mass is 368 g/mol. The van der Waals surface area contributed by atoms with Gasteiger partial charge in [0.05, 0.1) is 6.10 Å². The smallest absolute Gasteiger partial charge is 0.265 e. The van der Waals surface area contributed by atoms with Crippen LogP contribution in [0.2, 0.25) is 0 Å². The van der Waals surface area contributed by atoms with E-state index in [4.69, 9.17) is 10.00 Å². The maximum Gasteiger partial charge on any atom is 0.265 e. The van der Waals surface area contributed by atoms with Crippen LogP contribution in [0.4, 0.5) is 4.39 Å². The predicted molar refractivity (Wildman–Crippen MR) is 88.5 cm³/mol. The number of rotatable bonds is 5. The highest BCUT2D eigenvalue weighted by Gasteiger charge is 2.27. The number of nitriles is 1. The second-order valence-electron chi connectivity index (χ2n) is 6.09. The Morgan fingerprint density at radius 1 is 1.32 bits per heavy atom. The van der Waals surface area contributed by atoms with Crippen molar-refractivity contribution in [1.82, 2.24) is 4.72 Å². The van der Waals surface area contributed by atoms with Gasteiger partial charge in [0.25, 0.3) is 15.9 Å². The molecule has 8 heteroatoms. The zero-order chi connectivity index (χ0) is 18.4. The van der Waals surface area contributed by atoms with Crippen LogP contribution in [-0.2, 0) is 19.6 Å². The van der Waals surface area contributed by atoms with E-state index >= 15 is 0 Å². The van der Waals surface area contributed by atoms with E-state index in [2.05, 4.69) is 0 Å². The number of halogens is 1. The van der Waals surface area contributed by atoms with E-state index in [-0.39, 0.29) is 6.10 Å². The summed E-state index contributed by atoms with van der Waals surface area (Å²) in [5.74, 6) is -1.79. The summed E-state index contributed by atoms with van der Waals surface area (Å²) >= 11 is 0. The molecule has 0 spiro atoms. The van der Waals surface area contributed by atoms with E-state index in [9.17, 15) is 17.6 Å². The van der Waals surface area contributed by atoms with Crippen LogP contribution in [0, 0.1) is 17.1 Å². The summed E-state index contributed by atoms with van der Waals surface area (Å²) < 4.78 is 45.8. The minimum atomic E-state index is -4.36. The maximum atomic E-state index is 13.6. The number of hydrogen-bond donors (Lipinski definition) is 1. The molecular weight excluding hydrogens is 347 g/mol. The summed E-state index contributed by atoms with van der Waals surface area (Å²) in [5.41, 5.74) is -0.625. The minimum Gasteiger partial charge on any atom is -0.365 e. The summed E-state index contributed by atoms with van der Waals surface area (Å²) in [6.45, 7) is 1.48. The Bertz CT molecular complexity index is 765. The number of ether oxygens (including phenoxy) is 1. The van der Waals surface area contributed by atoms with Gasteiger partial charge in [-0.1, -0.05) is 31.7 Å². The van der Waals surface area contributed by atoms with Crippen molar-refractivity contribution in [2.75, 3.05) is 0 Å². The fourth-order valence-electron chi connectivity index (χ4n) is 2.84. The Kier molecular flexibility index (Phi) is 6.51. The number of carbonyl (C=O) groups is 1. The summed E-state index contributed by atoms with van der Waals surface area (Å²) in [7, 11) is -4.36. The summed E-state index contributed by atoms with van der Waals surface area (Å²) in [5, 5.41) is 8.96. The molecule has 1 amide bonds. The number of carbonyl (C=O) groups excluding carboxylic acids is 1. The van der Waals surface area contributed by atoms with Crippen LogP contribution in [0.3, 0.4) is 0 Å². The molecule has 0 aliphatic heterocycles. The van der Waals surface area contributed by atoms with Crippen LogP contribution >= 0.6 is 0 Å². The van der Waals surface area contributed by atoms with Gasteiger partial charge < -0.3 is 4.74 Å². The number of amides is 1. The molecule has 1 aliphatic carbocycles. The average Bonchev–Trinajstić information content (AvgIpc) is 2.82. The van der Waals surface area contributed by atoms with Crippen LogP contribution in [0.5, 0.6) is 0 Å². The van der Waals surface area contributed by atoms with Gasteiger partial charge in [-0.2, -0.15) is 5.26 Å². The molecule has 0 heterocycles. The zero-order valence-electron chi connectivity index (χ0n) is 14.0. The quantitative estimate of drug-likeness (QED) is 0.806. The lowest BCUT2D eigenvalue weighted by atomic mass is 10.1. The molecule has 6 nitrogen and oxygen atoms in total. The Morgan fingerprint density at radius 3 is 2.56 bits per heavy atom. The first-order chi connectivity index (χ1) is 11.8. The van der Waals surface area contributed by atoms with Gasteiger partial charge in [-0.15, -0.1) is 0 Å². The molecule has 1 fully saturated rings. The largest absolute Gasteiger partial charge is 0.365 e. The second kappa shape index (κ2) is 8.41. The van der Waals surface area contributed by atoms with Crippen LogP contribution in [0.1, 0.15) is 51.0 Å². The number of nitrogens with zero attached hydrogens (tertiary/aromatic N) is 1. The molecule has 1 saturated carbocycles. The van der Waals surface area contributed by atoms with Crippen LogP contribution in [0.15, 0.2) is 23.1 Å². The highest BCUT2D eigenvalue weighted by molar-refractivity contribution is 7.90. The number of benzene rings is 1. The minimum absolute atomic E-state index is 0.0743. The van der Waals surface area contributed by atoms with Gasteiger partial charge in [0.1, 0.15) is 28.4 Å². The molecular formula is C17H21FN2O4S. The molecule has 1 N–H and O–H groups in total. The molecule has 1 atom stereocenters. The molecule has 0 bridgehead atoms. The lowest BCUT2D eigenvalue weighted by molar-refractivity contribution is -0.133. The number of nitrogens with one attached hydrogen (secondary N) is 1. The van der Waals surface area contributed by atoms with E-state index in [1.54, 1.807) is 0 Å². The standard InChI is InChI=1S/C17H21FN2O4S/c1-12(24-13-7-4-2-3-5-8-13)17(21)20-25(22,23)16-10-6-9-15(18)14(16)11-19/h6,9-10,12-13H,2-5,7-8H2,1H3,(H,20,21)/t12-/m0/s1. The Morgan fingerprint density at radius 2 is 1.96 bits per heavy atom. The first kappa shape index (κ1) is 19.3. The first-order valence-corrected chi connectivity index (χ1v) is 9.74. The van der Waals surface area contributed by atoms with E-state index in [0.29, 0.717) is 0 Å². The molecule has 2 rings (SSSR count). The van der Waals surface area contributed by atoms with Gasteiger partial charge >= 0.3 is 0 Å². The van der Waals surface area contributed by atoms with Crippen molar-refractivity contribution in [3.8, 4) is 6.07 Å². The van der Waals surface area contributed by atoms with Crippen molar-refractivity contribution in [1.29, 1.82) is 5.26 Å². The summed E-state index contributed by atoms with van der Waals surface area (Å²) in [6.07, 6.45) is 4.95. The molecule has 1 aliphatic rings. The van der Waals surface area contributed by atoms with Gasteiger partial charge in [-0.05, 0) is 31.9 Å². The van der Waals surface area contributed by atoms with E-state index < -0.39 is 38.3 Å². The third kappa shape index (κ3) is 5.00. The van der Waals surface area contributed by atoms with Crippen molar-refractivity contribution in [3.05, 3.63) is 29.6 Å². The van der Waals surface area contributed by atoms with Gasteiger partial charge in [-0.3, -0.25) is 4.79 Å². The number of sulfonamides is 1. The van der Waals surface area contributed by atoms with E-state index in [0.717, 1.165) is 50.7 Å². The lowest BCUT2D eigenvalue weighted by Crippen LogP contribution is -2.40. The van der Waals surface area contributed by atoms with Crippen LogP contribution in [0.25, 0.3) is 0 Å². The van der Waals surface area contributed by atoms with Gasteiger partial charge in [-0.25, -0.2) is 17.5 Å². The van der Waals surface area contributed by atoms with Gasteiger partial charge in [0.15, 0.2) is 0 Å². The number of hydrogen-bond acceptors (Lipinski definition) is 5. The third-order valence-electron chi connectivity index (χ3n) is 4.18. The first-order valence-electron chi connectivity index (χ1n) is 8.26. The Hall–Kier alpha value is -1.98. The van der Waals surface area contributed by atoms with Crippen molar-refractivity contribution in [2.24, 2.45) is 0 Å². The highest BCUT2D eigenvalue weighted by atomic mass is 32.2. The van der Waals surface area contributed by atoms with Gasteiger partial charge in [0.2, 0.25) is 0 Å². The fraction of sp³-hybridized carbons (Fsp3) is 0.529. The molecule has 0 saturated heterocycles. The van der Waals surface area contributed by atoms with E-state index in [1.807, 2.05) is 4.72 Å². The van der Waals surface area contributed by atoms with Gasteiger partial charge in [0, 0.05) is 0 Å². The Balaban J connectivity index is 2.08. The molecule has 25 heavy (non-hydrogen) atoms. The normalized spacial score (nSPS) is 17.3. The molecule has 1 aromatic rings. The fourth-order valence-corrected chi connectivity index (χ4v) is 4.05. The van der Waals surface area contributed by atoms with Crippen molar-refractivity contribution < 1.29 is 22.3 Å².